The van der Waals surface area contributed by atoms with Gasteiger partial charge in [-0.05, 0) is 63.4 Å². The van der Waals surface area contributed by atoms with Gasteiger partial charge in [-0.25, -0.2) is 13.6 Å². The molecule has 9 nitrogen and oxygen atoms in total. The molecule has 3 unspecified atom stereocenters. The number of fused-ring (bicyclic) bond motifs is 1. The average molecular weight is 628 g/mol. The summed E-state index contributed by atoms with van der Waals surface area (Å²) in [5, 5.41) is 0. The van der Waals surface area contributed by atoms with E-state index >= 15 is 0 Å². The van der Waals surface area contributed by atoms with Crippen molar-refractivity contribution in [3.63, 3.8) is 0 Å². The number of pyridine rings is 1. The molecule has 3 aliphatic rings. The fraction of sp³-hybridized carbons (Fsp3) is 0.618. The second kappa shape index (κ2) is 13.3. The molecule has 2 fully saturated rings. The van der Waals surface area contributed by atoms with Crippen molar-refractivity contribution in [1.29, 1.82) is 0 Å². The number of ether oxygens (including phenoxy) is 2. The Balaban J connectivity index is 1.37. The van der Waals surface area contributed by atoms with E-state index in [9.17, 15) is 18.4 Å². The molecule has 2 amide bonds. The van der Waals surface area contributed by atoms with Crippen LogP contribution in [0, 0.1) is 5.82 Å². The van der Waals surface area contributed by atoms with E-state index < -0.39 is 12.3 Å². The number of benzene rings is 1. The van der Waals surface area contributed by atoms with Crippen LogP contribution in [0.2, 0.25) is 0 Å². The molecule has 0 aliphatic carbocycles. The molecule has 0 N–H and O–H groups in total. The second-order valence-corrected chi connectivity index (χ2v) is 14.3. The number of carbonyl (C=O) groups excluding carboxylic acids is 2. The van der Waals surface area contributed by atoms with Gasteiger partial charge in [0.1, 0.15) is 18.1 Å². The van der Waals surface area contributed by atoms with E-state index in [4.69, 9.17) is 14.5 Å². The number of halogens is 2. The molecule has 0 saturated carbocycles. The summed E-state index contributed by atoms with van der Waals surface area (Å²) in [5.74, 6) is -0.327. The van der Waals surface area contributed by atoms with Gasteiger partial charge in [-0.1, -0.05) is 26.0 Å². The first-order valence-electron chi connectivity index (χ1n) is 15.9. The van der Waals surface area contributed by atoms with E-state index in [0.717, 1.165) is 22.5 Å². The number of piperazine rings is 1. The van der Waals surface area contributed by atoms with E-state index in [0.29, 0.717) is 52.4 Å². The first-order valence-corrected chi connectivity index (χ1v) is 15.9. The Morgan fingerprint density at radius 2 is 1.82 bits per heavy atom. The third kappa shape index (κ3) is 7.81. The fourth-order valence-electron chi connectivity index (χ4n) is 6.59. The van der Waals surface area contributed by atoms with Gasteiger partial charge in [0.05, 0.1) is 37.2 Å². The Morgan fingerprint density at radius 1 is 1.09 bits per heavy atom. The maximum Gasteiger partial charge on any atom is 0.410 e. The lowest BCUT2D eigenvalue weighted by molar-refractivity contribution is -0.122. The minimum absolute atomic E-state index is 0.0468. The van der Waals surface area contributed by atoms with Gasteiger partial charge in [-0.2, -0.15) is 0 Å². The lowest BCUT2D eigenvalue weighted by Gasteiger charge is -2.47. The number of aromatic nitrogens is 1. The van der Waals surface area contributed by atoms with Gasteiger partial charge in [0.25, 0.3) is 0 Å². The number of nitrogens with zero attached hydrogens (tertiary/aromatic N) is 5. The van der Waals surface area contributed by atoms with Crippen LogP contribution in [0.15, 0.2) is 36.5 Å². The summed E-state index contributed by atoms with van der Waals surface area (Å²) in [6, 6.07) is 7.69. The van der Waals surface area contributed by atoms with Crippen LogP contribution >= 0.6 is 0 Å². The third-order valence-corrected chi connectivity index (χ3v) is 8.93. The van der Waals surface area contributed by atoms with Crippen LogP contribution < -0.4 is 4.90 Å². The van der Waals surface area contributed by atoms with Crippen LogP contribution in [0.25, 0.3) is 0 Å². The summed E-state index contributed by atoms with van der Waals surface area (Å²) in [5.41, 5.74) is 2.61. The zero-order chi connectivity index (χ0) is 32.5. The predicted octanol–water partition coefficient (Wildman–Crippen LogP) is 4.42. The van der Waals surface area contributed by atoms with Crippen molar-refractivity contribution in [3.8, 4) is 0 Å². The number of anilines is 1. The minimum Gasteiger partial charge on any atom is -0.444 e. The van der Waals surface area contributed by atoms with Gasteiger partial charge >= 0.3 is 6.09 Å². The van der Waals surface area contributed by atoms with Crippen molar-refractivity contribution in [2.24, 2.45) is 0 Å². The fourth-order valence-corrected chi connectivity index (χ4v) is 6.59. The van der Waals surface area contributed by atoms with E-state index in [1.807, 2.05) is 44.9 Å². The van der Waals surface area contributed by atoms with Gasteiger partial charge < -0.3 is 19.3 Å². The maximum atomic E-state index is 14.2. The molecule has 2 saturated heterocycles. The van der Waals surface area contributed by atoms with Gasteiger partial charge in [-0.15, -0.1) is 0 Å². The van der Waals surface area contributed by atoms with Crippen molar-refractivity contribution < 1.29 is 27.8 Å². The van der Waals surface area contributed by atoms with Gasteiger partial charge in [-0.3, -0.25) is 19.6 Å². The topological polar surface area (TPSA) is 78.5 Å². The number of hydrogen-bond donors (Lipinski definition) is 0. The van der Waals surface area contributed by atoms with Crippen LogP contribution in [-0.2, 0) is 26.1 Å². The molecule has 1 aromatic carbocycles. The summed E-state index contributed by atoms with van der Waals surface area (Å²) in [7, 11) is 0. The highest BCUT2D eigenvalue weighted by Crippen LogP contribution is 2.40. The van der Waals surface area contributed by atoms with Crippen molar-refractivity contribution in [3.05, 3.63) is 59.2 Å². The number of hydrogen-bond acceptors (Lipinski definition) is 7. The molecule has 0 radical (unpaired) electrons. The Hall–Kier alpha value is -3.15. The van der Waals surface area contributed by atoms with Gasteiger partial charge in [0.15, 0.2) is 0 Å². The lowest BCUT2D eigenvalue weighted by Crippen LogP contribution is -2.64. The monoisotopic (exact) mass is 627 g/mol. The van der Waals surface area contributed by atoms with Crippen molar-refractivity contribution in [2.75, 3.05) is 64.1 Å². The number of rotatable bonds is 7. The maximum absolute atomic E-state index is 14.2. The summed E-state index contributed by atoms with van der Waals surface area (Å²) in [6.45, 7) is 14.6. The van der Waals surface area contributed by atoms with E-state index in [1.54, 1.807) is 17.0 Å². The summed E-state index contributed by atoms with van der Waals surface area (Å²) >= 11 is 0. The third-order valence-electron chi connectivity index (χ3n) is 8.93. The number of amides is 2. The summed E-state index contributed by atoms with van der Waals surface area (Å²) < 4.78 is 38.7. The van der Waals surface area contributed by atoms with Crippen LogP contribution in [0.3, 0.4) is 0 Å². The van der Waals surface area contributed by atoms with Gasteiger partial charge in [0, 0.05) is 56.4 Å². The van der Waals surface area contributed by atoms with E-state index in [-0.39, 0.29) is 47.9 Å². The highest BCUT2D eigenvalue weighted by Gasteiger charge is 2.43. The first kappa shape index (κ1) is 33.2. The van der Waals surface area contributed by atoms with Crippen molar-refractivity contribution in [1.82, 2.24) is 19.7 Å². The van der Waals surface area contributed by atoms with Crippen molar-refractivity contribution in [2.45, 2.75) is 77.1 Å². The molecule has 2 aromatic rings. The highest BCUT2D eigenvalue weighted by atomic mass is 19.1. The Kier molecular flexibility index (Phi) is 9.82. The summed E-state index contributed by atoms with van der Waals surface area (Å²) in [4.78, 5) is 39.9. The Morgan fingerprint density at radius 3 is 2.51 bits per heavy atom. The normalized spacial score (nSPS) is 24.0. The van der Waals surface area contributed by atoms with Crippen LogP contribution in [0.5, 0.6) is 0 Å². The van der Waals surface area contributed by atoms with E-state index in [2.05, 4.69) is 23.6 Å². The minimum atomic E-state index is -0.636. The standard InChI is InChI=1S/C34H47F2N5O4/c1-23-17-39(28(18-38-11-12-44-21-27(38)15-35)19-40(23)32(43)45-33(2,3)4)20-30(42)41-22-34(5,6)31-29(41)14-25(16-37-31)13-24-7-9-26(36)10-8-24/h7-10,14,16,23,27-28H,11-13,15,17-22H2,1-6H3. The SMILES string of the molecule is CC1CN(CC(=O)N2CC(C)(C)c3ncc(Cc4ccc(F)cc4)cc32)C(CN2CCOCC2CF)CN1C(=O)OC(C)(C)C. The zero-order valence-corrected chi connectivity index (χ0v) is 27.4. The number of morpholine rings is 1. The molecule has 0 bridgehead atoms. The second-order valence-electron chi connectivity index (χ2n) is 14.3. The molecule has 4 heterocycles. The molecule has 3 atom stereocenters. The Bertz CT molecular complexity index is 1370. The zero-order valence-electron chi connectivity index (χ0n) is 27.4. The number of carbonyl (C=O) groups is 2. The largest absolute Gasteiger partial charge is 0.444 e. The molecule has 11 heteroatoms. The molecular formula is C34H47F2N5O4. The van der Waals surface area contributed by atoms with Crippen LogP contribution in [-0.4, -0.2) is 115 Å². The predicted molar refractivity (Wildman–Crippen MR) is 169 cm³/mol. The molecule has 5 rings (SSSR count). The molecule has 246 valence electrons. The van der Waals surface area contributed by atoms with Crippen molar-refractivity contribution >= 4 is 17.7 Å². The molecule has 1 aromatic heterocycles. The quantitative estimate of drug-likeness (QED) is 0.450. The van der Waals surface area contributed by atoms with Crippen LogP contribution in [0.1, 0.15) is 58.4 Å². The molecule has 45 heavy (non-hydrogen) atoms. The lowest BCUT2D eigenvalue weighted by atomic mass is 9.91. The first-order chi connectivity index (χ1) is 21.2. The van der Waals surface area contributed by atoms with E-state index in [1.165, 1.54) is 12.1 Å². The van der Waals surface area contributed by atoms with Gasteiger partial charge in [0.2, 0.25) is 5.91 Å². The molecule has 3 aliphatic heterocycles. The Labute approximate surface area is 265 Å². The highest BCUT2D eigenvalue weighted by molar-refractivity contribution is 5.97. The summed E-state index contributed by atoms with van der Waals surface area (Å²) in [6.07, 6.45) is 2.03. The smallest absolute Gasteiger partial charge is 0.410 e. The number of alkyl halides is 1. The molecule has 0 spiro atoms. The molecular weight excluding hydrogens is 580 g/mol. The van der Waals surface area contributed by atoms with Crippen LogP contribution in [0.4, 0.5) is 19.3 Å². The average Bonchev–Trinajstić information content (AvgIpc) is 3.24.